The first-order chi connectivity index (χ1) is 12.9. The Morgan fingerprint density at radius 2 is 1.78 bits per heavy atom. The number of carbonyl (C=O) groups is 2. The fourth-order valence-electron chi connectivity index (χ4n) is 3.64. The van der Waals surface area contributed by atoms with Gasteiger partial charge in [-0.1, -0.05) is 43.2 Å². The molecule has 7 nitrogen and oxygen atoms in total. The van der Waals surface area contributed by atoms with Crippen molar-refractivity contribution >= 4 is 17.6 Å². The van der Waals surface area contributed by atoms with E-state index in [1.165, 1.54) is 12.1 Å². The number of nitrogens with two attached hydrogens (primary N) is 1. The topological polar surface area (TPSA) is 113 Å². The number of rotatable bonds is 6. The van der Waals surface area contributed by atoms with Crippen molar-refractivity contribution in [3.8, 4) is 0 Å². The van der Waals surface area contributed by atoms with E-state index in [1.807, 2.05) is 30.3 Å². The van der Waals surface area contributed by atoms with E-state index in [0.29, 0.717) is 12.8 Å². The van der Waals surface area contributed by atoms with Crippen molar-refractivity contribution in [2.75, 3.05) is 0 Å². The first-order valence-electron chi connectivity index (χ1n) is 8.74. The predicted molar refractivity (Wildman–Crippen MR) is 98.0 cm³/mol. The van der Waals surface area contributed by atoms with Gasteiger partial charge in [-0.3, -0.25) is 19.7 Å². The molecule has 27 heavy (non-hydrogen) atoms. The normalized spacial score (nSPS) is 15.3. The zero-order valence-electron chi connectivity index (χ0n) is 14.7. The summed E-state index contributed by atoms with van der Waals surface area (Å²) in [7, 11) is 0. The van der Waals surface area contributed by atoms with Crippen LogP contribution < -0.4 is 5.73 Å². The molecule has 0 unspecified atom stereocenters. The number of primary amides is 1. The Morgan fingerprint density at radius 3 is 2.37 bits per heavy atom. The summed E-state index contributed by atoms with van der Waals surface area (Å²) in [6.45, 7) is -0.233. The van der Waals surface area contributed by atoms with Crippen molar-refractivity contribution in [3.63, 3.8) is 0 Å². The monoisotopic (exact) mass is 368 g/mol. The van der Waals surface area contributed by atoms with Gasteiger partial charge in [-0.2, -0.15) is 0 Å². The van der Waals surface area contributed by atoms with E-state index in [1.54, 1.807) is 0 Å². The SMILES string of the molecule is NC(=O)c1ccc(COC(=O)C2(c3ccccc3)CCCC2)c([N+](=O)[O-])c1. The van der Waals surface area contributed by atoms with E-state index in [4.69, 9.17) is 10.5 Å². The van der Waals surface area contributed by atoms with E-state index in [-0.39, 0.29) is 29.4 Å². The van der Waals surface area contributed by atoms with Gasteiger partial charge in [0.2, 0.25) is 5.91 Å². The Hall–Kier alpha value is -3.22. The molecule has 0 heterocycles. The zero-order valence-corrected chi connectivity index (χ0v) is 14.7. The highest BCUT2D eigenvalue weighted by Gasteiger charge is 2.44. The van der Waals surface area contributed by atoms with Crippen molar-refractivity contribution in [1.29, 1.82) is 0 Å². The van der Waals surface area contributed by atoms with Gasteiger partial charge in [-0.15, -0.1) is 0 Å². The fourth-order valence-corrected chi connectivity index (χ4v) is 3.64. The second kappa shape index (κ2) is 7.57. The number of benzene rings is 2. The van der Waals surface area contributed by atoms with Gasteiger partial charge < -0.3 is 10.5 Å². The molecule has 7 heteroatoms. The lowest BCUT2D eigenvalue weighted by molar-refractivity contribution is -0.385. The summed E-state index contributed by atoms with van der Waals surface area (Å²) in [5.74, 6) is -1.13. The van der Waals surface area contributed by atoms with E-state index >= 15 is 0 Å². The van der Waals surface area contributed by atoms with Crippen molar-refractivity contribution in [3.05, 3.63) is 75.3 Å². The van der Waals surface area contributed by atoms with Gasteiger partial charge in [0.1, 0.15) is 6.61 Å². The molecule has 1 fully saturated rings. The van der Waals surface area contributed by atoms with Crippen LogP contribution in [0.25, 0.3) is 0 Å². The molecule has 0 atom stereocenters. The minimum absolute atomic E-state index is 0.0355. The van der Waals surface area contributed by atoms with Crippen LogP contribution in [0.2, 0.25) is 0 Å². The summed E-state index contributed by atoms with van der Waals surface area (Å²) in [5, 5.41) is 11.3. The predicted octanol–water partition coefficient (Wildman–Crippen LogP) is 3.25. The molecule has 140 valence electrons. The molecule has 1 amide bonds. The maximum absolute atomic E-state index is 12.9. The van der Waals surface area contributed by atoms with Crippen molar-refractivity contribution in [1.82, 2.24) is 0 Å². The molecule has 0 aliphatic heterocycles. The Bertz CT molecular complexity index is 873. The molecule has 2 N–H and O–H groups in total. The third kappa shape index (κ3) is 3.67. The summed E-state index contributed by atoms with van der Waals surface area (Å²) >= 11 is 0. The highest BCUT2D eigenvalue weighted by molar-refractivity contribution is 5.93. The Morgan fingerprint density at radius 1 is 1.11 bits per heavy atom. The van der Waals surface area contributed by atoms with Crippen LogP contribution in [-0.4, -0.2) is 16.8 Å². The van der Waals surface area contributed by atoms with Crippen LogP contribution in [-0.2, 0) is 21.6 Å². The molecule has 0 bridgehead atoms. The Labute approximate surface area is 156 Å². The van der Waals surface area contributed by atoms with Crippen LogP contribution in [0.1, 0.15) is 47.2 Å². The number of amides is 1. The van der Waals surface area contributed by atoms with Crippen LogP contribution in [0, 0.1) is 10.1 Å². The van der Waals surface area contributed by atoms with E-state index in [9.17, 15) is 19.7 Å². The quantitative estimate of drug-likeness (QED) is 0.478. The smallest absolute Gasteiger partial charge is 0.316 e. The van der Waals surface area contributed by atoms with Gasteiger partial charge in [0.05, 0.1) is 15.9 Å². The van der Waals surface area contributed by atoms with Gasteiger partial charge in [0.15, 0.2) is 0 Å². The molecule has 0 spiro atoms. The maximum Gasteiger partial charge on any atom is 0.316 e. The largest absolute Gasteiger partial charge is 0.460 e. The van der Waals surface area contributed by atoms with Crippen LogP contribution in [0.5, 0.6) is 0 Å². The van der Waals surface area contributed by atoms with Gasteiger partial charge in [0.25, 0.3) is 5.69 Å². The molecule has 2 aromatic rings. The molecule has 3 rings (SSSR count). The highest BCUT2D eigenvalue weighted by Crippen LogP contribution is 2.42. The lowest BCUT2D eigenvalue weighted by Gasteiger charge is -2.27. The van der Waals surface area contributed by atoms with Gasteiger partial charge >= 0.3 is 5.97 Å². The molecular formula is C20H20N2O5. The summed E-state index contributed by atoms with van der Waals surface area (Å²) in [4.78, 5) is 34.9. The molecule has 1 aliphatic carbocycles. The molecular weight excluding hydrogens is 348 g/mol. The fraction of sp³-hybridized carbons (Fsp3) is 0.300. The Kier molecular flexibility index (Phi) is 5.21. The second-order valence-electron chi connectivity index (χ2n) is 6.70. The summed E-state index contributed by atoms with van der Waals surface area (Å²) < 4.78 is 5.50. The third-order valence-electron chi connectivity index (χ3n) is 5.10. The number of hydrogen-bond donors (Lipinski definition) is 1. The van der Waals surface area contributed by atoms with Crippen molar-refractivity contribution < 1.29 is 19.2 Å². The maximum atomic E-state index is 12.9. The first kappa shape index (κ1) is 18.6. The van der Waals surface area contributed by atoms with Crippen LogP contribution in [0.15, 0.2) is 48.5 Å². The zero-order chi connectivity index (χ0) is 19.4. The number of hydrogen-bond acceptors (Lipinski definition) is 5. The average Bonchev–Trinajstić information content (AvgIpc) is 3.17. The van der Waals surface area contributed by atoms with Crippen molar-refractivity contribution in [2.24, 2.45) is 5.73 Å². The van der Waals surface area contributed by atoms with Gasteiger partial charge in [-0.25, -0.2) is 0 Å². The van der Waals surface area contributed by atoms with Crippen LogP contribution in [0.3, 0.4) is 0 Å². The number of ether oxygens (including phenoxy) is 1. The lowest BCUT2D eigenvalue weighted by Crippen LogP contribution is -2.34. The van der Waals surface area contributed by atoms with Crippen LogP contribution >= 0.6 is 0 Å². The second-order valence-corrected chi connectivity index (χ2v) is 6.70. The number of nitrogens with zero attached hydrogens (tertiary/aromatic N) is 1. The van der Waals surface area contributed by atoms with E-state index in [0.717, 1.165) is 24.5 Å². The molecule has 0 radical (unpaired) electrons. The lowest BCUT2D eigenvalue weighted by atomic mass is 9.79. The third-order valence-corrected chi connectivity index (χ3v) is 5.10. The number of nitro groups is 1. The van der Waals surface area contributed by atoms with Gasteiger partial charge in [-0.05, 0) is 30.5 Å². The molecule has 0 saturated heterocycles. The summed E-state index contributed by atoms with van der Waals surface area (Å²) in [6, 6.07) is 13.4. The molecule has 1 saturated carbocycles. The molecule has 2 aromatic carbocycles. The number of carbonyl (C=O) groups excluding carboxylic acids is 2. The number of esters is 1. The van der Waals surface area contributed by atoms with Crippen molar-refractivity contribution in [2.45, 2.75) is 37.7 Å². The van der Waals surface area contributed by atoms with Gasteiger partial charge in [0, 0.05) is 11.6 Å². The summed E-state index contributed by atoms with van der Waals surface area (Å²) in [6.07, 6.45) is 3.24. The van der Waals surface area contributed by atoms with E-state index in [2.05, 4.69) is 0 Å². The molecule has 0 aromatic heterocycles. The van der Waals surface area contributed by atoms with Crippen LogP contribution in [0.4, 0.5) is 5.69 Å². The first-order valence-corrected chi connectivity index (χ1v) is 8.74. The minimum atomic E-state index is -0.754. The average molecular weight is 368 g/mol. The summed E-state index contributed by atoms with van der Waals surface area (Å²) in [5.41, 5.74) is 5.34. The van der Waals surface area contributed by atoms with E-state index < -0.39 is 16.2 Å². The molecule has 1 aliphatic rings. The highest BCUT2D eigenvalue weighted by atomic mass is 16.6. The minimum Gasteiger partial charge on any atom is -0.460 e. The number of nitro benzene ring substituents is 1. The standard InChI is InChI=1S/C20H20N2O5/c21-18(23)14-8-9-15(17(12-14)22(25)26)13-27-19(24)20(10-4-5-11-20)16-6-2-1-3-7-16/h1-3,6-9,12H,4-5,10-11,13H2,(H2,21,23). The Balaban J connectivity index is 1.83.